The first kappa shape index (κ1) is 13.9. The van der Waals surface area contributed by atoms with Crippen molar-refractivity contribution in [2.75, 3.05) is 20.8 Å². The minimum Gasteiger partial charge on any atom is -0.493 e. The Hall–Kier alpha value is -2.01. The molecule has 0 aliphatic carbocycles. The Bertz CT molecular complexity index is 636. The molecule has 112 valence electrons. The average Bonchev–Trinajstić information content (AvgIpc) is 2.90. The summed E-state index contributed by atoms with van der Waals surface area (Å²) < 4.78 is 15.9. The number of aromatic nitrogens is 1. The first-order chi connectivity index (χ1) is 10.2. The van der Waals surface area contributed by atoms with Crippen molar-refractivity contribution in [1.82, 2.24) is 10.1 Å². The second-order valence-corrected chi connectivity index (χ2v) is 5.37. The lowest BCUT2D eigenvalue weighted by Gasteiger charge is -2.28. The number of hydrogen-bond donors (Lipinski definition) is 0. The van der Waals surface area contributed by atoms with Crippen molar-refractivity contribution in [3.05, 3.63) is 40.8 Å². The van der Waals surface area contributed by atoms with Crippen LogP contribution in [0.3, 0.4) is 0 Å². The maximum atomic E-state index is 5.39. The summed E-state index contributed by atoms with van der Waals surface area (Å²) in [7, 11) is 3.34. The van der Waals surface area contributed by atoms with Gasteiger partial charge in [0.1, 0.15) is 5.76 Å². The summed E-state index contributed by atoms with van der Waals surface area (Å²) in [5.74, 6) is 2.45. The third-order valence-corrected chi connectivity index (χ3v) is 3.86. The summed E-state index contributed by atoms with van der Waals surface area (Å²) in [6, 6.07) is 6.16. The SMILES string of the molecule is COc1cc2c(cc1OC)CN(Cc1cc(C)on1)CC2. The van der Waals surface area contributed by atoms with E-state index in [1.807, 2.05) is 13.0 Å². The zero-order valence-electron chi connectivity index (χ0n) is 12.7. The van der Waals surface area contributed by atoms with Crippen LogP contribution in [0.1, 0.15) is 22.6 Å². The highest BCUT2D eigenvalue weighted by molar-refractivity contribution is 5.48. The van der Waals surface area contributed by atoms with Crippen LogP contribution < -0.4 is 9.47 Å². The number of methoxy groups -OCH3 is 2. The van der Waals surface area contributed by atoms with Gasteiger partial charge in [-0.1, -0.05) is 5.16 Å². The fourth-order valence-corrected chi connectivity index (χ4v) is 2.80. The van der Waals surface area contributed by atoms with E-state index < -0.39 is 0 Å². The number of rotatable bonds is 4. The van der Waals surface area contributed by atoms with Crippen molar-refractivity contribution in [3.63, 3.8) is 0 Å². The number of hydrogen-bond acceptors (Lipinski definition) is 5. The van der Waals surface area contributed by atoms with Gasteiger partial charge in [0.05, 0.1) is 19.9 Å². The standard InChI is InChI=1S/C16H20N2O3/c1-11-6-14(17-21-11)10-18-5-4-12-7-15(19-2)16(20-3)8-13(12)9-18/h6-8H,4-5,9-10H2,1-3H3. The number of ether oxygens (including phenoxy) is 2. The molecule has 0 unspecified atom stereocenters. The maximum absolute atomic E-state index is 5.39. The van der Waals surface area contributed by atoms with E-state index in [-0.39, 0.29) is 0 Å². The van der Waals surface area contributed by atoms with Crippen molar-refractivity contribution in [2.24, 2.45) is 0 Å². The Balaban J connectivity index is 1.78. The molecule has 0 saturated carbocycles. The van der Waals surface area contributed by atoms with Gasteiger partial charge in [-0.2, -0.15) is 0 Å². The Morgan fingerprint density at radius 1 is 1.14 bits per heavy atom. The van der Waals surface area contributed by atoms with Crippen LogP contribution >= 0.6 is 0 Å². The lowest BCUT2D eigenvalue weighted by Crippen LogP contribution is -2.30. The van der Waals surface area contributed by atoms with Crippen LogP contribution in [0, 0.1) is 6.92 Å². The van der Waals surface area contributed by atoms with Gasteiger partial charge >= 0.3 is 0 Å². The summed E-state index contributed by atoms with van der Waals surface area (Å²) in [5, 5.41) is 4.07. The van der Waals surface area contributed by atoms with Gasteiger partial charge < -0.3 is 14.0 Å². The van der Waals surface area contributed by atoms with E-state index in [0.29, 0.717) is 0 Å². The lowest BCUT2D eigenvalue weighted by molar-refractivity contribution is 0.236. The summed E-state index contributed by atoms with van der Waals surface area (Å²) in [6.45, 7) is 4.63. The number of nitrogens with zero attached hydrogens (tertiary/aromatic N) is 2. The highest BCUT2D eigenvalue weighted by atomic mass is 16.5. The zero-order valence-corrected chi connectivity index (χ0v) is 12.7. The van der Waals surface area contributed by atoms with Crippen LogP contribution in [-0.4, -0.2) is 30.8 Å². The lowest BCUT2D eigenvalue weighted by atomic mass is 9.98. The molecule has 2 heterocycles. The van der Waals surface area contributed by atoms with Crippen LogP contribution in [0.15, 0.2) is 22.7 Å². The Morgan fingerprint density at radius 3 is 2.48 bits per heavy atom. The summed E-state index contributed by atoms with van der Waals surface area (Å²) in [5.41, 5.74) is 3.61. The third kappa shape index (κ3) is 2.88. The quantitative estimate of drug-likeness (QED) is 0.865. The molecule has 1 aliphatic heterocycles. The number of aryl methyl sites for hydroxylation is 1. The molecule has 0 amide bonds. The molecule has 21 heavy (non-hydrogen) atoms. The second-order valence-electron chi connectivity index (χ2n) is 5.37. The molecule has 3 rings (SSSR count). The summed E-state index contributed by atoms with van der Waals surface area (Å²) >= 11 is 0. The molecule has 5 heteroatoms. The smallest absolute Gasteiger partial charge is 0.161 e. The molecule has 0 bridgehead atoms. The van der Waals surface area contributed by atoms with Crippen LogP contribution in [0.25, 0.3) is 0 Å². The Labute approximate surface area is 124 Å². The third-order valence-electron chi connectivity index (χ3n) is 3.86. The fraction of sp³-hybridized carbons (Fsp3) is 0.438. The van der Waals surface area contributed by atoms with Crippen LogP contribution in [0.5, 0.6) is 11.5 Å². The monoisotopic (exact) mass is 288 g/mol. The highest BCUT2D eigenvalue weighted by Crippen LogP contribution is 2.33. The van der Waals surface area contributed by atoms with E-state index >= 15 is 0 Å². The fourth-order valence-electron chi connectivity index (χ4n) is 2.80. The molecular weight excluding hydrogens is 268 g/mol. The van der Waals surface area contributed by atoms with Crippen molar-refractivity contribution < 1.29 is 14.0 Å². The molecule has 5 nitrogen and oxygen atoms in total. The van der Waals surface area contributed by atoms with Crippen LogP contribution in [0.2, 0.25) is 0 Å². The Morgan fingerprint density at radius 2 is 1.86 bits per heavy atom. The topological polar surface area (TPSA) is 47.7 Å². The van der Waals surface area contributed by atoms with Gasteiger partial charge in [0.2, 0.25) is 0 Å². The van der Waals surface area contributed by atoms with E-state index in [9.17, 15) is 0 Å². The van der Waals surface area contributed by atoms with Gasteiger partial charge in [-0.3, -0.25) is 4.90 Å². The molecular formula is C16H20N2O3. The second kappa shape index (κ2) is 5.77. The van der Waals surface area contributed by atoms with Crippen molar-refractivity contribution in [2.45, 2.75) is 26.4 Å². The zero-order chi connectivity index (χ0) is 14.8. The van der Waals surface area contributed by atoms with E-state index in [1.165, 1.54) is 11.1 Å². The molecule has 0 spiro atoms. The van der Waals surface area contributed by atoms with Crippen LogP contribution in [-0.2, 0) is 19.5 Å². The van der Waals surface area contributed by atoms with E-state index in [0.717, 1.165) is 49.0 Å². The van der Waals surface area contributed by atoms with E-state index in [2.05, 4.69) is 22.2 Å². The molecule has 0 radical (unpaired) electrons. The minimum absolute atomic E-state index is 0.787. The predicted octanol–water partition coefficient (Wildman–Crippen LogP) is 2.56. The summed E-state index contributed by atoms with van der Waals surface area (Å²) in [4.78, 5) is 2.37. The normalized spacial score (nSPS) is 14.8. The van der Waals surface area contributed by atoms with Crippen molar-refractivity contribution in [1.29, 1.82) is 0 Å². The molecule has 1 aromatic heterocycles. The molecule has 1 aromatic carbocycles. The first-order valence-corrected chi connectivity index (χ1v) is 7.08. The maximum Gasteiger partial charge on any atom is 0.161 e. The molecule has 0 fully saturated rings. The number of fused-ring (bicyclic) bond motifs is 1. The van der Waals surface area contributed by atoms with Gasteiger partial charge in [0.25, 0.3) is 0 Å². The van der Waals surface area contributed by atoms with Gasteiger partial charge in [-0.25, -0.2) is 0 Å². The highest BCUT2D eigenvalue weighted by Gasteiger charge is 2.20. The van der Waals surface area contributed by atoms with Crippen LogP contribution in [0.4, 0.5) is 0 Å². The van der Waals surface area contributed by atoms with E-state index in [1.54, 1.807) is 14.2 Å². The average molecular weight is 288 g/mol. The Kier molecular flexibility index (Phi) is 3.84. The molecule has 0 N–H and O–H groups in total. The summed E-state index contributed by atoms with van der Waals surface area (Å²) in [6.07, 6.45) is 1.01. The molecule has 0 atom stereocenters. The van der Waals surface area contributed by atoms with Crippen molar-refractivity contribution in [3.8, 4) is 11.5 Å². The van der Waals surface area contributed by atoms with Gasteiger partial charge in [-0.15, -0.1) is 0 Å². The predicted molar refractivity (Wildman–Crippen MR) is 78.6 cm³/mol. The first-order valence-electron chi connectivity index (χ1n) is 7.08. The van der Waals surface area contributed by atoms with Gasteiger partial charge in [-0.05, 0) is 36.6 Å². The van der Waals surface area contributed by atoms with Gasteiger partial charge in [0, 0.05) is 25.7 Å². The molecule has 2 aromatic rings. The minimum atomic E-state index is 0.787. The van der Waals surface area contributed by atoms with E-state index in [4.69, 9.17) is 14.0 Å². The largest absolute Gasteiger partial charge is 0.493 e. The van der Waals surface area contributed by atoms with Crippen molar-refractivity contribution >= 4 is 0 Å². The molecule has 0 saturated heterocycles. The molecule has 1 aliphatic rings. The number of benzene rings is 1. The van der Waals surface area contributed by atoms with Gasteiger partial charge in [0.15, 0.2) is 11.5 Å².